The summed E-state index contributed by atoms with van der Waals surface area (Å²) in [6, 6.07) is 10.9. The molecule has 0 atom stereocenters. The van der Waals surface area contributed by atoms with Crippen molar-refractivity contribution in [1.82, 2.24) is 8.75 Å². The number of aromatic nitrogens is 2. The normalized spacial score (nSPS) is 14.3. The van der Waals surface area contributed by atoms with Gasteiger partial charge in [0.1, 0.15) is 11.0 Å². The average Bonchev–Trinajstić information content (AvgIpc) is 3.24. The van der Waals surface area contributed by atoms with Crippen molar-refractivity contribution in [3.8, 4) is 0 Å². The summed E-state index contributed by atoms with van der Waals surface area (Å²) in [4.78, 5) is 26.3. The summed E-state index contributed by atoms with van der Waals surface area (Å²) >= 11 is 1.13. The Bertz CT molecular complexity index is 982. The second kappa shape index (κ2) is 6.25. The minimum absolute atomic E-state index is 0.132. The van der Waals surface area contributed by atoms with Crippen LogP contribution in [-0.2, 0) is 4.79 Å². The fourth-order valence-corrected chi connectivity index (χ4v) is 3.52. The van der Waals surface area contributed by atoms with Gasteiger partial charge in [0.05, 0.1) is 11.7 Å². The van der Waals surface area contributed by atoms with Crippen molar-refractivity contribution < 1.29 is 9.59 Å². The predicted molar refractivity (Wildman–Crippen MR) is 98.1 cm³/mol. The van der Waals surface area contributed by atoms with Crippen molar-refractivity contribution in [3.63, 3.8) is 0 Å². The third kappa shape index (κ3) is 2.98. The molecule has 0 bridgehead atoms. The second-order valence-electron chi connectivity index (χ2n) is 6.07. The van der Waals surface area contributed by atoms with Crippen molar-refractivity contribution in [2.24, 2.45) is 0 Å². The van der Waals surface area contributed by atoms with Crippen LogP contribution >= 0.6 is 11.7 Å². The van der Waals surface area contributed by atoms with Gasteiger partial charge in [0.25, 0.3) is 5.91 Å². The molecule has 7 heteroatoms. The Morgan fingerprint density at radius 3 is 2.80 bits per heavy atom. The number of anilines is 2. The SMILES string of the molecule is Cc1ccc(NC(=O)c2ccc3nsnc3c2)cc1N1CCCC1=O. The lowest BCUT2D eigenvalue weighted by Gasteiger charge is -2.19. The van der Waals surface area contributed by atoms with Crippen LogP contribution in [0.25, 0.3) is 11.0 Å². The number of rotatable bonds is 3. The van der Waals surface area contributed by atoms with Gasteiger partial charge in [-0.15, -0.1) is 0 Å². The van der Waals surface area contributed by atoms with Crippen LogP contribution in [0.15, 0.2) is 36.4 Å². The van der Waals surface area contributed by atoms with Crippen LogP contribution in [0.4, 0.5) is 11.4 Å². The van der Waals surface area contributed by atoms with Crippen LogP contribution in [-0.4, -0.2) is 27.1 Å². The van der Waals surface area contributed by atoms with Crippen LogP contribution in [0.5, 0.6) is 0 Å². The summed E-state index contributed by atoms with van der Waals surface area (Å²) < 4.78 is 8.30. The molecule has 4 rings (SSSR count). The molecular weight excluding hydrogens is 336 g/mol. The van der Waals surface area contributed by atoms with Gasteiger partial charge < -0.3 is 10.2 Å². The average molecular weight is 352 g/mol. The lowest BCUT2D eigenvalue weighted by molar-refractivity contribution is -0.117. The maximum Gasteiger partial charge on any atom is 0.255 e. The highest BCUT2D eigenvalue weighted by atomic mass is 32.1. The lowest BCUT2D eigenvalue weighted by Crippen LogP contribution is -2.24. The van der Waals surface area contributed by atoms with Gasteiger partial charge in [-0.05, 0) is 49.2 Å². The quantitative estimate of drug-likeness (QED) is 0.784. The molecule has 2 heterocycles. The van der Waals surface area contributed by atoms with Crippen molar-refractivity contribution in [2.45, 2.75) is 19.8 Å². The summed E-state index contributed by atoms with van der Waals surface area (Å²) in [6.45, 7) is 2.69. The molecule has 25 heavy (non-hydrogen) atoms. The molecule has 0 aliphatic carbocycles. The monoisotopic (exact) mass is 352 g/mol. The molecule has 1 aromatic heterocycles. The Hall–Kier alpha value is -2.80. The van der Waals surface area contributed by atoms with Gasteiger partial charge in [0.2, 0.25) is 5.91 Å². The van der Waals surface area contributed by atoms with E-state index in [2.05, 4.69) is 14.1 Å². The van der Waals surface area contributed by atoms with E-state index in [9.17, 15) is 9.59 Å². The van der Waals surface area contributed by atoms with Gasteiger partial charge in [-0.2, -0.15) is 8.75 Å². The number of carbonyl (C=O) groups is 2. The molecule has 0 spiro atoms. The van der Waals surface area contributed by atoms with Gasteiger partial charge in [-0.3, -0.25) is 9.59 Å². The van der Waals surface area contributed by atoms with E-state index >= 15 is 0 Å². The van der Waals surface area contributed by atoms with E-state index in [0.29, 0.717) is 23.2 Å². The highest BCUT2D eigenvalue weighted by molar-refractivity contribution is 7.00. The van der Waals surface area contributed by atoms with Crippen LogP contribution < -0.4 is 10.2 Å². The first-order valence-electron chi connectivity index (χ1n) is 8.06. The molecule has 0 unspecified atom stereocenters. The van der Waals surface area contributed by atoms with Gasteiger partial charge >= 0.3 is 0 Å². The molecule has 1 aliphatic rings. The van der Waals surface area contributed by atoms with Crippen molar-refractivity contribution in [1.29, 1.82) is 0 Å². The van der Waals surface area contributed by atoms with E-state index in [1.165, 1.54) is 0 Å². The number of fused-ring (bicyclic) bond motifs is 1. The van der Waals surface area contributed by atoms with Gasteiger partial charge in [-0.1, -0.05) is 6.07 Å². The Kier molecular flexibility index (Phi) is 3.93. The summed E-state index contributed by atoms with van der Waals surface area (Å²) in [7, 11) is 0. The minimum atomic E-state index is -0.211. The van der Waals surface area contributed by atoms with E-state index in [1.54, 1.807) is 23.1 Å². The zero-order valence-electron chi connectivity index (χ0n) is 13.7. The van der Waals surface area contributed by atoms with E-state index in [-0.39, 0.29) is 11.8 Å². The predicted octanol–water partition coefficient (Wildman–Crippen LogP) is 3.38. The molecule has 3 aromatic rings. The number of benzene rings is 2. The van der Waals surface area contributed by atoms with Gasteiger partial charge in [0.15, 0.2) is 0 Å². The Labute approximate surface area is 148 Å². The zero-order chi connectivity index (χ0) is 17.4. The van der Waals surface area contributed by atoms with Crippen LogP contribution in [0.3, 0.4) is 0 Å². The molecule has 2 aromatic carbocycles. The first kappa shape index (κ1) is 15.7. The Morgan fingerprint density at radius 2 is 2.00 bits per heavy atom. The fraction of sp³-hybridized carbons (Fsp3) is 0.222. The van der Waals surface area contributed by atoms with Crippen molar-refractivity contribution >= 4 is 46.0 Å². The minimum Gasteiger partial charge on any atom is -0.322 e. The number of amides is 2. The highest BCUT2D eigenvalue weighted by Gasteiger charge is 2.23. The molecule has 1 saturated heterocycles. The second-order valence-corrected chi connectivity index (χ2v) is 6.60. The third-order valence-electron chi connectivity index (χ3n) is 4.35. The van der Waals surface area contributed by atoms with Crippen molar-refractivity contribution in [2.75, 3.05) is 16.8 Å². The number of carbonyl (C=O) groups excluding carboxylic acids is 2. The lowest BCUT2D eigenvalue weighted by atomic mass is 10.1. The van der Waals surface area contributed by atoms with Crippen LogP contribution in [0.1, 0.15) is 28.8 Å². The first-order chi connectivity index (χ1) is 12.1. The molecule has 1 aliphatic heterocycles. The third-order valence-corrected chi connectivity index (χ3v) is 4.90. The number of hydrogen-bond acceptors (Lipinski definition) is 5. The maximum atomic E-state index is 12.5. The van der Waals surface area contributed by atoms with E-state index < -0.39 is 0 Å². The summed E-state index contributed by atoms with van der Waals surface area (Å²) in [5.41, 5.74) is 4.57. The number of aryl methyl sites for hydroxylation is 1. The number of hydrogen-bond donors (Lipinski definition) is 1. The van der Waals surface area contributed by atoms with E-state index in [1.807, 2.05) is 25.1 Å². The van der Waals surface area contributed by atoms with E-state index in [4.69, 9.17) is 0 Å². The fourth-order valence-electron chi connectivity index (χ4n) is 3.01. The number of nitrogens with one attached hydrogen (secondary N) is 1. The van der Waals surface area contributed by atoms with E-state index in [0.717, 1.165) is 41.5 Å². The summed E-state index contributed by atoms with van der Waals surface area (Å²) in [5.74, 6) is -0.0782. The molecule has 1 fully saturated rings. The first-order valence-corrected chi connectivity index (χ1v) is 8.79. The zero-order valence-corrected chi connectivity index (χ0v) is 14.5. The molecule has 0 radical (unpaired) electrons. The Balaban J connectivity index is 1.59. The van der Waals surface area contributed by atoms with Gasteiger partial charge in [-0.25, -0.2) is 0 Å². The maximum absolute atomic E-state index is 12.5. The summed E-state index contributed by atoms with van der Waals surface area (Å²) in [5, 5.41) is 2.90. The largest absolute Gasteiger partial charge is 0.322 e. The topological polar surface area (TPSA) is 75.2 Å². The Morgan fingerprint density at radius 1 is 1.16 bits per heavy atom. The smallest absolute Gasteiger partial charge is 0.255 e. The van der Waals surface area contributed by atoms with Crippen LogP contribution in [0, 0.1) is 6.92 Å². The number of nitrogens with zero attached hydrogens (tertiary/aromatic N) is 3. The molecule has 2 amide bonds. The molecular formula is C18H16N4O2S. The van der Waals surface area contributed by atoms with Gasteiger partial charge in [0, 0.05) is 29.9 Å². The van der Waals surface area contributed by atoms with Crippen molar-refractivity contribution in [3.05, 3.63) is 47.5 Å². The molecule has 1 N–H and O–H groups in total. The molecule has 126 valence electrons. The molecule has 0 saturated carbocycles. The molecule has 6 nitrogen and oxygen atoms in total. The summed E-state index contributed by atoms with van der Waals surface area (Å²) in [6.07, 6.45) is 1.45. The standard InChI is InChI=1S/C18H16N4O2S/c1-11-4-6-13(10-16(11)22-8-2-3-17(22)23)19-18(24)12-5-7-14-15(9-12)21-25-20-14/h4-7,9-10H,2-3,8H2,1H3,(H,19,24). The highest BCUT2D eigenvalue weighted by Crippen LogP contribution is 2.28. The van der Waals surface area contributed by atoms with Crippen LogP contribution in [0.2, 0.25) is 0 Å².